The van der Waals surface area contributed by atoms with Gasteiger partial charge >= 0.3 is 11.7 Å². The van der Waals surface area contributed by atoms with Gasteiger partial charge in [-0.2, -0.15) is 0 Å². The fraction of sp³-hybridized carbons (Fsp3) is 0.263. The zero-order chi connectivity index (χ0) is 18.4. The summed E-state index contributed by atoms with van der Waals surface area (Å²) >= 11 is 6.15. The van der Waals surface area contributed by atoms with E-state index in [0.29, 0.717) is 10.7 Å². The Morgan fingerprint density at radius 3 is 2.50 bits per heavy atom. The van der Waals surface area contributed by atoms with E-state index in [9.17, 15) is 9.59 Å². The molecule has 6 nitrogen and oxygen atoms in total. The molecule has 1 atom stereocenters. The summed E-state index contributed by atoms with van der Waals surface area (Å²) in [6.45, 7) is 0. The molecule has 0 amide bonds. The van der Waals surface area contributed by atoms with E-state index >= 15 is 0 Å². The minimum absolute atomic E-state index is 0.0836. The monoisotopic (exact) mass is 371 g/mol. The molecule has 2 aromatic carbocycles. The Labute approximate surface area is 154 Å². The van der Waals surface area contributed by atoms with E-state index in [1.807, 2.05) is 22.8 Å². The SMILES string of the molecule is NC(Cc1ccc(-n2c(=O)n(C3CC3)c3ccc(Cl)cc32)cc1)C(=O)O. The predicted molar refractivity (Wildman–Crippen MR) is 100 cm³/mol. The molecule has 134 valence electrons. The Hall–Kier alpha value is -2.57. The topological polar surface area (TPSA) is 90.2 Å². The first-order valence-electron chi connectivity index (χ1n) is 8.46. The van der Waals surface area contributed by atoms with Gasteiger partial charge in [0.2, 0.25) is 0 Å². The Kier molecular flexibility index (Phi) is 4.09. The highest BCUT2D eigenvalue weighted by Crippen LogP contribution is 2.37. The zero-order valence-electron chi connectivity index (χ0n) is 13.9. The molecule has 1 saturated carbocycles. The number of halogens is 1. The molecule has 4 rings (SSSR count). The van der Waals surface area contributed by atoms with Gasteiger partial charge in [0.15, 0.2) is 0 Å². The molecular formula is C19H18ClN3O3. The van der Waals surface area contributed by atoms with Gasteiger partial charge in [0, 0.05) is 11.1 Å². The second-order valence-electron chi connectivity index (χ2n) is 6.67. The van der Waals surface area contributed by atoms with Gasteiger partial charge in [0.25, 0.3) is 0 Å². The van der Waals surface area contributed by atoms with Crippen molar-refractivity contribution in [2.24, 2.45) is 5.73 Å². The average Bonchev–Trinajstić information content (AvgIpc) is 3.39. The van der Waals surface area contributed by atoms with Crippen molar-refractivity contribution in [3.05, 3.63) is 63.5 Å². The van der Waals surface area contributed by atoms with Crippen LogP contribution in [0.2, 0.25) is 5.02 Å². The van der Waals surface area contributed by atoms with Crippen LogP contribution in [-0.2, 0) is 11.2 Å². The fourth-order valence-corrected chi connectivity index (χ4v) is 3.42. The number of carbonyl (C=O) groups is 1. The molecule has 1 fully saturated rings. The second kappa shape index (κ2) is 6.30. The fourth-order valence-electron chi connectivity index (χ4n) is 3.25. The molecule has 3 aromatic rings. The molecule has 3 N–H and O–H groups in total. The molecule has 7 heteroatoms. The highest BCUT2D eigenvalue weighted by atomic mass is 35.5. The lowest BCUT2D eigenvalue weighted by Gasteiger charge is -2.08. The highest BCUT2D eigenvalue weighted by Gasteiger charge is 2.29. The third-order valence-electron chi connectivity index (χ3n) is 4.71. The van der Waals surface area contributed by atoms with Crippen LogP contribution >= 0.6 is 11.6 Å². The maximum atomic E-state index is 13.0. The maximum absolute atomic E-state index is 13.0. The molecule has 26 heavy (non-hydrogen) atoms. The summed E-state index contributed by atoms with van der Waals surface area (Å²) in [6.07, 6.45) is 2.25. The van der Waals surface area contributed by atoms with Gasteiger partial charge in [-0.3, -0.25) is 13.9 Å². The first-order chi connectivity index (χ1) is 12.5. The van der Waals surface area contributed by atoms with Crippen molar-refractivity contribution in [2.45, 2.75) is 31.3 Å². The lowest BCUT2D eigenvalue weighted by molar-refractivity contribution is -0.138. The third-order valence-corrected chi connectivity index (χ3v) is 4.95. The van der Waals surface area contributed by atoms with Crippen LogP contribution in [0, 0.1) is 0 Å². The lowest BCUT2D eigenvalue weighted by atomic mass is 10.1. The van der Waals surface area contributed by atoms with E-state index in [1.54, 1.807) is 28.8 Å². The summed E-state index contributed by atoms with van der Waals surface area (Å²) in [5, 5.41) is 9.50. The number of fused-ring (bicyclic) bond motifs is 1. The number of hydrogen-bond donors (Lipinski definition) is 2. The molecule has 1 aromatic heterocycles. The molecule has 0 radical (unpaired) electrons. The van der Waals surface area contributed by atoms with E-state index in [2.05, 4.69) is 0 Å². The summed E-state index contributed by atoms with van der Waals surface area (Å²) in [4.78, 5) is 23.9. The van der Waals surface area contributed by atoms with Gasteiger partial charge in [-0.05, 0) is 55.2 Å². The largest absolute Gasteiger partial charge is 0.480 e. The summed E-state index contributed by atoms with van der Waals surface area (Å²) in [6, 6.07) is 12.0. The Morgan fingerprint density at radius 2 is 1.88 bits per heavy atom. The van der Waals surface area contributed by atoms with Crippen LogP contribution in [0.25, 0.3) is 16.7 Å². The van der Waals surface area contributed by atoms with Crippen molar-refractivity contribution >= 4 is 28.6 Å². The van der Waals surface area contributed by atoms with E-state index in [-0.39, 0.29) is 18.2 Å². The van der Waals surface area contributed by atoms with E-state index in [1.165, 1.54) is 0 Å². The van der Waals surface area contributed by atoms with Gasteiger partial charge in [-0.25, -0.2) is 4.79 Å². The van der Waals surface area contributed by atoms with Crippen molar-refractivity contribution in [2.75, 3.05) is 0 Å². The van der Waals surface area contributed by atoms with Crippen molar-refractivity contribution in [3.8, 4) is 5.69 Å². The summed E-state index contributed by atoms with van der Waals surface area (Å²) in [5.41, 5.74) is 8.67. The van der Waals surface area contributed by atoms with Gasteiger partial charge in [-0.1, -0.05) is 23.7 Å². The molecule has 0 bridgehead atoms. The molecule has 0 saturated heterocycles. The van der Waals surface area contributed by atoms with Crippen molar-refractivity contribution in [1.82, 2.24) is 9.13 Å². The van der Waals surface area contributed by atoms with Gasteiger partial charge in [-0.15, -0.1) is 0 Å². The predicted octanol–water partition coefficient (Wildman–Crippen LogP) is 2.73. The first-order valence-corrected chi connectivity index (χ1v) is 8.83. The number of nitrogens with two attached hydrogens (primary N) is 1. The Balaban J connectivity index is 1.79. The van der Waals surface area contributed by atoms with Crippen molar-refractivity contribution in [3.63, 3.8) is 0 Å². The molecule has 0 aliphatic heterocycles. The van der Waals surface area contributed by atoms with Crippen LogP contribution in [0.1, 0.15) is 24.4 Å². The Morgan fingerprint density at radius 1 is 1.19 bits per heavy atom. The number of benzene rings is 2. The number of nitrogens with zero attached hydrogens (tertiary/aromatic N) is 2. The van der Waals surface area contributed by atoms with Crippen LogP contribution in [0.5, 0.6) is 0 Å². The van der Waals surface area contributed by atoms with E-state index in [0.717, 1.165) is 29.4 Å². The molecule has 1 aliphatic rings. The van der Waals surface area contributed by atoms with Crippen molar-refractivity contribution in [1.29, 1.82) is 0 Å². The second-order valence-corrected chi connectivity index (χ2v) is 7.10. The Bertz CT molecular complexity index is 1050. The van der Waals surface area contributed by atoms with Gasteiger partial charge in [0.05, 0.1) is 16.7 Å². The average molecular weight is 372 g/mol. The normalized spacial score (nSPS) is 15.3. The number of imidazole rings is 1. The van der Waals surface area contributed by atoms with E-state index in [4.69, 9.17) is 22.4 Å². The zero-order valence-corrected chi connectivity index (χ0v) is 14.7. The minimum Gasteiger partial charge on any atom is -0.480 e. The van der Waals surface area contributed by atoms with Crippen LogP contribution in [0.15, 0.2) is 47.3 Å². The van der Waals surface area contributed by atoms with Crippen LogP contribution in [-0.4, -0.2) is 26.3 Å². The van der Waals surface area contributed by atoms with Crippen LogP contribution in [0.3, 0.4) is 0 Å². The van der Waals surface area contributed by atoms with E-state index < -0.39 is 12.0 Å². The van der Waals surface area contributed by atoms with Crippen molar-refractivity contribution < 1.29 is 9.90 Å². The number of rotatable bonds is 5. The van der Waals surface area contributed by atoms with Crippen LogP contribution < -0.4 is 11.4 Å². The molecule has 1 heterocycles. The summed E-state index contributed by atoms with van der Waals surface area (Å²) in [7, 11) is 0. The number of aliphatic carboxylic acids is 1. The smallest absolute Gasteiger partial charge is 0.333 e. The minimum atomic E-state index is -1.03. The third kappa shape index (κ3) is 2.91. The molecule has 0 spiro atoms. The van der Waals surface area contributed by atoms with Gasteiger partial charge in [0.1, 0.15) is 6.04 Å². The number of hydrogen-bond acceptors (Lipinski definition) is 3. The van der Waals surface area contributed by atoms with Crippen LogP contribution in [0.4, 0.5) is 0 Å². The maximum Gasteiger partial charge on any atom is 0.333 e. The summed E-state index contributed by atoms with van der Waals surface area (Å²) < 4.78 is 3.49. The molecule has 1 aliphatic carbocycles. The quantitative estimate of drug-likeness (QED) is 0.721. The van der Waals surface area contributed by atoms with Gasteiger partial charge < -0.3 is 10.8 Å². The number of aromatic nitrogens is 2. The highest BCUT2D eigenvalue weighted by molar-refractivity contribution is 6.31. The number of carboxylic acid groups (broad SMARTS) is 1. The molecule has 1 unspecified atom stereocenters. The first kappa shape index (κ1) is 16.9. The lowest BCUT2D eigenvalue weighted by Crippen LogP contribution is -2.32. The molecular weight excluding hydrogens is 354 g/mol. The number of carboxylic acids is 1. The standard InChI is InChI=1S/C19H18ClN3O3/c20-12-3-8-16-17(10-12)23(19(26)22(16)14-6-7-14)13-4-1-11(2-5-13)9-15(21)18(24)25/h1-5,8,10,14-15H,6-7,9,21H2,(H,24,25). The summed E-state index contributed by atoms with van der Waals surface area (Å²) in [5.74, 6) is -1.03.